The van der Waals surface area contributed by atoms with Gasteiger partial charge >= 0.3 is 0 Å². The third-order valence-corrected chi connectivity index (χ3v) is 2.77. The molecule has 1 aromatic rings. The van der Waals surface area contributed by atoms with Crippen LogP contribution in [0.4, 0.5) is 0 Å². The molecule has 2 rings (SSSR count). The number of aromatic amines is 1. The number of nitrogens with one attached hydrogen (secondary N) is 1. The monoisotopic (exact) mass is 179 g/mol. The summed E-state index contributed by atoms with van der Waals surface area (Å²) in [7, 11) is 0. The molecule has 0 bridgehead atoms. The fraction of sp³-hybridized carbons (Fsp3) is 0.636. The van der Waals surface area contributed by atoms with Gasteiger partial charge in [-0.1, -0.05) is 0 Å². The number of rotatable bonds is 1. The van der Waals surface area contributed by atoms with E-state index in [0.29, 0.717) is 0 Å². The molecule has 0 saturated heterocycles. The van der Waals surface area contributed by atoms with Crippen molar-refractivity contribution in [1.29, 1.82) is 0 Å². The second kappa shape index (κ2) is 2.88. The first-order valence-electron chi connectivity index (χ1n) is 5.01. The first-order valence-corrected chi connectivity index (χ1v) is 5.01. The van der Waals surface area contributed by atoms with Gasteiger partial charge in [0.25, 0.3) is 0 Å². The molecule has 0 aromatic carbocycles. The van der Waals surface area contributed by atoms with E-state index in [4.69, 9.17) is 0 Å². The van der Waals surface area contributed by atoms with Crippen LogP contribution in [-0.2, 0) is 18.4 Å². The first kappa shape index (κ1) is 8.82. The smallest absolute Gasteiger partial charge is 0.0987 e. The number of H-pyrrole nitrogens is 1. The maximum absolute atomic E-state index is 9.81. The Hall–Kier alpha value is -0.760. The van der Waals surface area contributed by atoms with Crippen molar-refractivity contribution >= 4 is 0 Å². The molecule has 0 aliphatic heterocycles. The Balaban J connectivity index is 2.36. The maximum atomic E-state index is 9.81. The highest BCUT2D eigenvalue weighted by atomic mass is 16.3. The molecular weight excluding hydrogens is 162 g/mol. The van der Waals surface area contributed by atoms with Crippen LogP contribution in [0, 0.1) is 0 Å². The molecule has 13 heavy (non-hydrogen) atoms. The third kappa shape index (κ3) is 1.63. The minimum absolute atomic E-state index is 0.725. The van der Waals surface area contributed by atoms with Crippen LogP contribution in [-0.4, -0.2) is 10.1 Å². The van der Waals surface area contributed by atoms with Crippen molar-refractivity contribution in [2.45, 2.75) is 45.1 Å². The van der Waals surface area contributed by atoms with Crippen LogP contribution in [0.25, 0.3) is 0 Å². The number of aliphatic hydroxyl groups is 1. The summed E-state index contributed by atoms with van der Waals surface area (Å²) in [4.78, 5) is 3.32. The molecule has 1 aliphatic rings. The van der Waals surface area contributed by atoms with Crippen molar-refractivity contribution in [1.82, 2.24) is 4.98 Å². The van der Waals surface area contributed by atoms with E-state index < -0.39 is 5.60 Å². The van der Waals surface area contributed by atoms with Crippen LogP contribution in [0.3, 0.4) is 0 Å². The van der Waals surface area contributed by atoms with E-state index >= 15 is 0 Å². The molecule has 2 N–H and O–H groups in total. The van der Waals surface area contributed by atoms with Gasteiger partial charge in [-0.2, -0.15) is 0 Å². The molecule has 1 heterocycles. The highest BCUT2D eigenvalue weighted by molar-refractivity contribution is 5.30. The van der Waals surface area contributed by atoms with Gasteiger partial charge in [0, 0.05) is 11.4 Å². The lowest BCUT2D eigenvalue weighted by Crippen LogP contribution is -2.15. The predicted octanol–water partition coefficient (Wildman–Crippen LogP) is 2.12. The van der Waals surface area contributed by atoms with E-state index in [1.54, 1.807) is 0 Å². The second-order valence-electron chi connectivity index (χ2n) is 4.45. The van der Waals surface area contributed by atoms with Gasteiger partial charge in [0.15, 0.2) is 0 Å². The lowest BCUT2D eigenvalue weighted by Gasteiger charge is -2.14. The molecule has 0 amide bonds. The first-order chi connectivity index (χ1) is 6.07. The molecule has 0 unspecified atom stereocenters. The van der Waals surface area contributed by atoms with E-state index in [-0.39, 0.29) is 0 Å². The fourth-order valence-electron chi connectivity index (χ4n) is 1.93. The highest BCUT2D eigenvalue weighted by Crippen LogP contribution is 2.26. The Kier molecular flexibility index (Phi) is 1.95. The summed E-state index contributed by atoms with van der Waals surface area (Å²) in [6, 6.07) is 2.12. The number of hydrogen-bond donors (Lipinski definition) is 2. The average molecular weight is 179 g/mol. The predicted molar refractivity (Wildman–Crippen MR) is 52.7 cm³/mol. The summed E-state index contributed by atoms with van der Waals surface area (Å²) in [5.74, 6) is 0. The number of aryl methyl sites for hydroxylation is 2. The van der Waals surface area contributed by atoms with Gasteiger partial charge < -0.3 is 10.1 Å². The zero-order valence-electron chi connectivity index (χ0n) is 8.35. The van der Waals surface area contributed by atoms with Gasteiger partial charge in [0.2, 0.25) is 0 Å². The summed E-state index contributed by atoms with van der Waals surface area (Å²) >= 11 is 0. The lowest BCUT2D eigenvalue weighted by molar-refractivity contribution is 0.0743. The lowest BCUT2D eigenvalue weighted by atomic mass is 9.97. The number of aromatic nitrogens is 1. The van der Waals surface area contributed by atoms with Gasteiger partial charge in [-0.05, 0) is 51.2 Å². The van der Waals surface area contributed by atoms with Crippen molar-refractivity contribution < 1.29 is 5.11 Å². The van der Waals surface area contributed by atoms with Gasteiger partial charge in [-0.25, -0.2) is 0 Å². The molecule has 1 aliphatic carbocycles. The van der Waals surface area contributed by atoms with Crippen LogP contribution in [0.15, 0.2) is 6.07 Å². The average Bonchev–Trinajstić information content (AvgIpc) is 2.45. The molecule has 0 saturated carbocycles. The van der Waals surface area contributed by atoms with Gasteiger partial charge in [0.05, 0.1) is 5.60 Å². The second-order valence-corrected chi connectivity index (χ2v) is 4.45. The van der Waals surface area contributed by atoms with Crippen LogP contribution >= 0.6 is 0 Å². The molecule has 1 aromatic heterocycles. The molecule has 72 valence electrons. The highest BCUT2D eigenvalue weighted by Gasteiger charge is 2.21. The Morgan fingerprint density at radius 3 is 2.62 bits per heavy atom. The zero-order valence-corrected chi connectivity index (χ0v) is 8.35. The van der Waals surface area contributed by atoms with E-state index in [2.05, 4.69) is 11.1 Å². The Bertz CT molecular complexity index is 283. The molecule has 0 spiro atoms. The van der Waals surface area contributed by atoms with E-state index in [0.717, 1.165) is 12.1 Å². The Morgan fingerprint density at radius 2 is 2.00 bits per heavy atom. The minimum Gasteiger partial charge on any atom is -0.384 e. The summed E-state index contributed by atoms with van der Waals surface area (Å²) in [6.45, 7) is 3.65. The molecule has 2 nitrogen and oxygen atoms in total. The van der Waals surface area contributed by atoms with E-state index in [1.165, 1.54) is 30.5 Å². The summed E-state index contributed by atoms with van der Waals surface area (Å²) in [5, 5.41) is 9.81. The van der Waals surface area contributed by atoms with Crippen molar-refractivity contribution in [3.63, 3.8) is 0 Å². The molecular formula is C11H17NO. The molecule has 0 fully saturated rings. The summed E-state index contributed by atoms with van der Waals surface area (Å²) in [6.07, 6.45) is 4.88. The van der Waals surface area contributed by atoms with Crippen LogP contribution in [0.2, 0.25) is 0 Å². The fourth-order valence-corrected chi connectivity index (χ4v) is 1.93. The Morgan fingerprint density at radius 1 is 1.31 bits per heavy atom. The van der Waals surface area contributed by atoms with E-state index in [9.17, 15) is 5.11 Å². The topological polar surface area (TPSA) is 36.0 Å². The maximum Gasteiger partial charge on any atom is 0.0987 e. The van der Waals surface area contributed by atoms with Crippen LogP contribution < -0.4 is 0 Å². The quantitative estimate of drug-likeness (QED) is 0.680. The van der Waals surface area contributed by atoms with Gasteiger partial charge in [-0.3, -0.25) is 0 Å². The van der Waals surface area contributed by atoms with Gasteiger partial charge in [0.1, 0.15) is 0 Å². The van der Waals surface area contributed by atoms with E-state index in [1.807, 2.05) is 13.8 Å². The standard InChI is InChI=1S/C11H17NO/c1-11(2,13)10-7-8-5-3-4-6-9(8)12-10/h7,12-13H,3-6H2,1-2H3. The van der Waals surface area contributed by atoms with Crippen molar-refractivity contribution in [2.24, 2.45) is 0 Å². The Labute approximate surface area is 79.0 Å². The SMILES string of the molecule is CC(C)(O)c1cc2c([nH]1)CCCC2. The zero-order chi connectivity index (χ0) is 9.47. The van der Waals surface area contributed by atoms with Gasteiger partial charge in [-0.15, -0.1) is 0 Å². The summed E-state index contributed by atoms with van der Waals surface area (Å²) in [5.41, 5.74) is 2.98. The normalized spacial score (nSPS) is 17.2. The number of fused-ring (bicyclic) bond motifs is 1. The van der Waals surface area contributed by atoms with Crippen LogP contribution in [0.5, 0.6) is 0 Å². The number of hydrogen-bond acceptors (Lipinski definition) is 1. The summed E-state index contributed by atoms with van der Waals surface area (Å²) < 4.78 is 0. The minimum atomic E-state index is -0.725. The van der Waals surface area contributed by atoms with Crippen molar-refractivity contribution in [3.05, 3.63) is 23.0 Å². The van der Waals surface area contributed by atoms with Crippen LogP contribution in [0.1, 0.15) is 43.6 Å². The molecule has 0 radical (unpaired) electrons. The molecule has 0 atom stereocenters. The largest absolute Gasteiger partial charge is 0.384 e. The van der Waals surface area contributed by atoms with Crippen molar-refractivity contribution in [2.75, 3.05) is 0 Å². The van der Waals surface area contributed by atoms with Crippen molar-refractivity contribution in [3.8, 4) is 0 Å². The third-order valence-electron chi connectivity index (χ3n) is 2.77. The molecule has 2 heteroatoms.